The zero-order chi connectivity index (χ0) is 12.0. The fourth-order valence-corrected chi connectivity index (χ4v) is 1.93. The summed E-state index contributed by atoms with van der Waals surface area (Å²) in [6, 6.07) is 0. The van der Waals surface area contributed by atoms with E-state index in [4.69, 9.17) is 5.11 Å². The number of carbonyl (C=O) groups excluding carboxylic acids is 1. The first-order chi connectivity index (χ1) is 7.65. The van der Waals surface area contributed by atoms with Gasteiger partial charge in [-0.1, -0.05) is 12.2 Å². The van der Waals surface area contributed by atoms with Crippen LogP contribution in [-0.4, -0.2) is 35.0 Å². The maximum Gasteiger partial charge on any atom is 0.305 e. The zero-order valence-corrected chi connectivity index (χ0v) is 9.69. The second kappa shape index (κ2) is 6.30. The molecule has 4 nitrogen and oxygen atoms in total. The number of allylic oxidation sites excluding steroid dienone is 2. The van der Waals surface area contributed by atoms with Crippen LogP contribution in [0.25, 0.3) is 0 Å². The van der Waals surface area contributed by atoms with Crippen LogP contribution in [0.5, 0.6) is 0 Å². The minimum absolute atomic E-state index is 0.0299. The molecule has 0 aliphatic heterocycles. The molecule has 1 aliphatic rings. The number of aliphatic carboxylic acids is 1. The second-order valence-electron chi connectivity index (χ2n) is 4.04. The topological polar surface area (TPSA) is 57.6 Å². The molecule has 1 atom stereocenters. The van der Waals surface area contributed by atoms with Crippen LogP contribution >= 0.6 is 0 Å². The molecule has 0 fully saturated rings. The van der Waals surface area contributed by atoms with Crippen molar-refractivity contribution in [2.24, 2.45) is 5.92 Å². The van der Waals surface area contributed by atoms with Crippen LogP contribution in [0.1, 0.15) is 32.6 Å². The van der Waals surface area contributed by atoms with Gasteiger partial charge in [0.25, 0.3) is 0 Å². The minimum atomic E-state index is -0.852. The molecule has 0 bridgehead atoms. The summed E-state index contributed by atoms with van der Waals surface area (Å²) in [5.74, 6) is -0.693. The van der Waals surface area contributed by atoms with Crippen molar-refractivity contribution in [3.8, 4) is 0 Å². The van der Waals surface area contributed by atoms with Crippen LogP contribution in [-0.2, 0) is 9.59 Å². The fraction of sp³-hybridized carbons (Fsp3) is 0.667. The number of hydrogen-bond donors (Lipinski definition) is 1. The molecule has 0 saturated carbocycles. The Morgan fingerprint density at radius 1 is 1.44 bits per heavy atom. The molecule has 0 aromatic carbocycles. The lowest BCUT2D eigenvalue weighted by Gasteiger charge is -2.26. The molecule has 1 aliphatic carbocycles. The molecule has 4 heteroatoms. The van der Waals surface area contributed by atoms with Gasteiger partial charge in [0.05, 0.1) is 6.42 Å². The van der Waals surface area contributed by atoms with E-state index in [0.717, 1.165) is 19.3 Å². The normalized spacial score (nSPS) is 19.4. The molecule has 1 rings (SSSR count). The third kappa shape index (κ3) is 3.68. The number of hydrogen-bond acceptors (Lipinski definition) is 2. The Hall–Kier alpha value is -1.32. The Morgan fingerprint density at radius 2 is 2.19 bits per heavy atom. The summed E-state index contributed by atoms with van der Waals surface area (Å²) in [6.45, 7) is 2.80. The highest BCUT2D eigenvalue weighted by atomic mass is 16.4. The van der Waals surface area contributed by atoms with Crippen LogP contribution in [0.15, 0.2) is 12.2 Å². The van der Waals surface area contributed by atoms with E-state index in [-0.39, 0.29) is 18.2 Å². The van der Waals surface area contributed by atoms with Gasteiger partial charge >= 0.3 is 5.97 Å². The van der Waals surface area contributed by atoms with Crippen molar-refractivity contribution in [2.45, 2.75) is 32.6 Å². The zero-order valence-electron chi connectivity index (χ0n) is 9.69. The average Bonchev–Trinajstić information content (AvgIpc) is 2.30. The molecule has 0 aromatic heterocycles. The summed E-state index contributed by atoms with van der Waals surface area (Å²) in [4.78, 5) is 24.2. The Bertz CT molecular complexity index is 286. The lowest BCUT2D eigenvalue weighted by molar-refractivity contribution is -0.139. The van der Waals surface area contributed by atoms with E-state index in [1.54, 1.807) is 4.90 Å². The number of carbonyl (C=O) groups is 2. The average molecular weight is 225 g/mol. The fourth-order valence-electron chi connectivity index (χ4n) is 1.93. The standard InChI is InChI=1S/C12H19NO3/c1-2-13(9-8-11(14)15)12(16)10-6-4-3-5-7-10/h3-4,10H,2,5-9H2,1H3,(H,14,15). The Balaban J connectivity index is 2.47. The quantitative estimate of drug-likeness (QED) is 0.724. The number of carboxylic acid groups (broad SMARTS) is 1. The van der Waals surface area contributed by atoms with Gasteiger partial charge in [0.15, 0.2) is 0 Å². The van der Waals surface area contributed by atoms with Crippen LogP contribution in [0.2, 0.25) is 0 Å². The van der Waals surface area contributed by atoms with Gasteiger partial charge < -0.3 is 10.0 Å². The minimum Gasteiger partial charge on any atom is -0.481 e. The van der Waals surface area contributed by atoms with Gasteiger partial charge in [-0.25, -0.2) is 0 Å². The lowest BCUT2D eigenvalue weighted by atomic mass is 9.93. The van der Waals surface area contributed by atoms with Gasteiger partial charge in [-0.3, -0.25) is 9.59 Å². The first-order valence-electron chi connectivity index (χ1n) is 5.80. The molecule has 0 heterocycles. The lowest BCUT2D eigenvalue weighted by Crippen LogP contribution is -2.37. The van der Waals surface area contributed by atoms with E-state index < -0.39 is 5.97 Å². The first kappa shape index (κ1) is 12.7. The van der Waals surface area contributed by atoms with E-state index in [1.807, 2.05) is 13.0 Å². The van der Waals surface area contributed by atoms with Crippen molar-refractivity contribution in [3.63, 3.8) is 0 Å². The maximum absolute atomic E-state index is 12.0. The van der Waals surface area contributed by atoms with Crippen molar-refractivity contribution in [1.29, 1.82) is 0 Å². The molecule has 16 heavy (non-hydrogen) atoms. The van der Waals surface area contributed by atoms with Gasteiger partial charge in [0, 0.05) is 19.0 Å². The Morgan fingerprint density at radius 3 is 2.69 bits per heavy atom. The number of amides is 1. The van der Waals surface area contributed by atoms with Gasteiger partial charge in [0.1, 0.15) is 0 Å². The Labute approximate surface area is 95.9 Å². The largest absolute Gasteiger partial charge is 0.481 e. The predicted octanol–water partition coefficient (Wildman–Crippen LogP) is 1.67. The highest BCUT2D eigenvalue weighted by molar-refractivity contribution is 5.79. The smallest absolute Gasteiger partial charge is 0.305 e. The van der Waals surface area contributed by atoms with Gasteiger partial charge in [0.2, 0.25) is 5.91 Å². The molecule has 0 aromatic rings. The summed E-state index contributed by atoms with van der Waals surface area (Å²) < 4.78 is 0. The highest BCUT2D eigenvalue weighted by Crippen LogP contribution is 2.20. The van der Waals surface area contributed by atoms with Crippen molar-refractivity contribution in [1.82, 2.24) is 4.90 Å². The summed E-state index contributed by atoms with van der Waals surface area (Å²) in [6.07, 6.45) is 6.80. The van der Waals surface area contributed by atoms with E-state index in [0.29, 0.717) is 13.1 Å². The van der Waals surface area contributed by atoms with Gasteiger partial charge in [-0.05, 0) is 26.2 Å². The molecule has 0 saturated heterocycles. The molecule has 1 amide bonds. The molecule has 90 valence electrons. The van der Waals surface area contributed by atoms with Crippen LogP contribution in [0, 0.1) is 5.92 Å². The third-order valence-corrected chi connectivity index (χ3v) is 2.91. The van der Waals surface area contributed by atoms with E-state index in [2.05, 4.69) is 6.08 Å². The van der Waals surface area contributed by atoms with Gasteiger partial charge in [-0.15, -0.1) is 0 Å². The van der Waals surface area contributed by atoms with E-state index >= 15 is 0 Å². The third-order valence-electron chi connectivity index (χ3n) is 2.91. The SMILES string of the molecule is CCN(CCC(=O)O)C(=O)C1CC=CCC1. The molecular formula is C12H19NO3. The summed E-state index contributed by atoms with van der Waals surface area (Å²) >= 11 is 0. The van der Waals surface area contributed by atoms with Crippen molar-refractivity contribution >= 4 is 11.9 Å². The van der Waals surface area contributed by atoms with Crippen molar-refractivity contribution in [3.05, 3.63) is 12.2 Å². The van der Waals surface area contributed by atoms with Crippen molar-refractivity contribution < 1.29 is 14.7 Å². The number of carboxylic acids is 1. The van der Waals surface area contributed by atoms with Crippen LogP contribution in [0.4, 0.5) is 0 Å². The first-order valence-corrected chi connectivity index (χ1v) is 5.80. The Kier molecular flexibility index (Phi) is 5.02. The molecular weight excluding hydrogens is 206 g/mol. The molecule has 1 unspecified atom stereocenters. The number of rotatable bonds is 5. The summed E-state index contributed by atoms with van der Waals surface area (Å²) in [7, 11) is 0. The summed E-state index contributed by atoms with van der Waals surface area (Å²) in [5.41, 5.74) is 0. The van der Waals surface area contributed by atoms with Crippen molar-refractivity contribution in [2.75, 3.05) is 13.1 Å². The van der Waals surface area contributed by atoms with Gasteiger partial charge in [-0.2, -0.15) is 0 Å². The molecule has 1 N–H and O–H groups in total. The second-order valence-corrected chi connectivity index (χ2v) is 4.04. The summed E-state index contributed by atoms with van der Waals surface area (Å²) in [5, 5.41) is 8.60. The maximum atomic E-state index is 12.0. The predicted molar refractivity (Wildman–Crippen MR) is 61.0 cm³/mol. The monoisotopic (exact) mass is 225 g/mol. The van der Waals surface area contributed by atoms with Crippen LogP contribution in [0.3, 0.4) is 0 Å². The van der Waals surface area contributed by atoms with E-state index in [1.165, 1.54) is 0 Å². The van der Waals surface area contributed by atoms with Crippen LogP contribution < -0.4 is 0 Å². The number of nitrogens with zero attached hydrogens (tertiary/aromatic N) is 1. The molecule has 0 radical (unpaired) electrons. The van der Waals surface area contributed by atoms with E-state index in [9.17, 15) is 9.59 Å². The molecule has 0 spiro atoms. The highest BCUT2D eigenvalue weighted by Gasteiger charge is 2.23.